The molecule has 3 aromatic rings. The summed E-state index contributed by atoms with van der Waals surface area (Å²) in [5, 5.41) is 6.57. The Morgan fingerprint density at radius 1 is 1.21 bits per heavy atom. The molecule has 2 aromatic heterocycles. The van der Waals surface area contributed by atoms with Crippen LogP contribution in [0.25, 0.3) is 5.69 Å². The van der Waals surface area contributed by atoms with Crippen LogP contribution in [0.1, 0.15) is 18.5 Å². The molecule has 1 saturated heterocycles. The Morgan fingerprint density at radius 2 is 1.97 bits per heavy atom. The number of piperidine rings is 1. The van der Waals surface area contributed by atoms with E-state index in [-0.39, 0.29) is 22.5 Å². The highest BCUT2D eigenvalue weighted by atomic mass is 35.5. The molecule has 1 atom stereocenters. The first kappa shape index (κ1) is 23.8. The summed E-state index contributed by atoms with van der Waals surface area (Å²) in [5.74, 6) is 0.149. The van der Waals surface area contributed by atoms with E-state index in [0.717, 1.165) is 30.1 Å². The van der Waals surface area contributed by atoms with Crippen molar-refractivity contribution in [3.63, 3.8) is 0 Å². The molecule has 4 rings (SSSR count). The zero-order valence-electron chi connectivity index (χ0n) is 18.0. The number of halogens is 4. The standard InChI is InChI=1S/C22H22ClF3N6O2/c23-16-6-1-2-7-17(16)32-20(11-18(30-32)22(24,25)26)34-14-19(33)29-12-15-5-3-10-31(13-15)21-27-8-4-9-28-21/h1-2,4,6-9,11,15H,3,5,10,12-14H2,(H,29,33). The lowest BCUT2D eigenvalue weighted by Gasteiger charge is -2.32. The van der Waals surface area contributed by atoms with Crippen molar-refractivity contribution in [3.05, 3.63) is 59.5 Å². The van der Waals surface area contributed by atoms with Gasteiger partial charge in [0.2, 0.25) is 11.8 Å². The molecule has 1 aliphatic rings. The molecule has 1 aromatic carbocycles. The zero-order chi connectivity index (χ0) is 24.1. The first-order valence-electron chi connectivity index (χ1n) is 10.6. The zero-order valence-corrected chi connectivity index (χ0v) is 18.8. The van der Waals surface area contributed by atoms with Gasteiger partial charge < -0.3 is 15.0 Å². The number of hydrogen-bond acceptors (Lipinski definition) is 6. The van der Waals surface area contributed by atoms with Crippen LogP contribution in [-0.2, 0) is 11.0 Å². The molecule has 1 aliphatic heterocycles. The third kappa shape index (κ3) is 5.77. The lowest BCUT2D eigenvalue weighted by Crippen LogP contribution is -2.42. The van der Waals surface area contributed by atoms with Crippen LogP contribution in [0.15, 0.2) is 48.8 Å². The average Bonchev–Trinajstić information content (AvgIpc) is 3.27. The minimum absolute atomic E-state index is 0.187. The van der Waals surface area contributed by atoms with Gasteiger partial charge in [0.05, 0.1) is 10.7 Å². The van der Waals surface area contributed by atoms with Gasteiger partial charge in [-0.1, -0.05) is 23.7 Å². The molecule has 0 radical (unpaired) electrons. The first-order chi connectivity index (χ1) is 16.3. The normalized spacial score (nSPS) is 16.4. The Bertz CT molecular complexity index is 1130. The number of hydrogen-bond donors (Lipinski definition) is 1. The Balaban J connectivity index is 1.36. The number of para-hydroxylation sites is 1. The molecular formula is C22H22ClF3N6O2. The van der Waals surface area contributed by atoms with Crippen LogP contribution < -0.4 is 15.0 Å². The fraction of sp³-hybridized carbons (Fsp3) is 0.364. The fourth-order valence-electron chi connectivity index (χ4n) is 3.72. The fourth-order valence-corrected chi connectivity index (χ4v) is 3.93. The van der Waals surface area contributed by atoms with Gasteiger partial charge in [0.1, 0.15) is 0 Å². The van der Waals surface area contributed by atoms with E-state index in [9.17, 15) is 18.0 Å². The van der Waals surface area contributed by atoms with Gasteiger partial charge in [-0.2, -0.15) is 23.0 Å². The van der Waals surface area contributed by atoms with Crippen LogP contribution in [0.5, 0.6) is 5.88 Å². The van der Waals surface area contributed by atoms with Gasteiger partial charge in [0.25, 0.3) is 5.91 Å². The highest BCUT2D eigenvalue weighted by Gasteiger charge is 2.36. The summed E-state index contributed by atoms with van der Waals surface area (Å²) in [6, 6.07) is 8.78. The van der Waals surface area contributed by atoms with E-state index in [2.05, 4.69) is 25.3 Å². The molecule has 1 amide bonds. The Kier molecular flexibility index (Phi) is 7.20. The van der Waals surface area contributed by atoms with Crippen molar-refractivity contribution in [3.8, 4) is 11.6 Å². The molecule has 1 unspecified atom stereocenters. The van der Waals surface area contributed by atoms with Gasteiger partial charge in [-0.15, -0.1) is 0 Å². The van der Waals surface area contributed by atoms with Crippen molar-refractivity contribution in [2.45, 2.75) is 19.0 Å². The number of ether oxygens (including phenoxy) is 1. The number of carbonyl (C=O) groups excluding carboxylic acids is 1. The number of benzene rings is 1. The monoisotopic (exact) mass is 494 g/mol. The highest BCUT2D eigenvalue weighted by molar-refractivity contribution is 6.32. The molecular weight excluding hydrogens is 473 g/mol. The van der Waals surface area contributed by atoms with Crippen molar-refractivity contribution < 1.29 is 22.7 Å². The summed E-state index contributed by atoms with van der Waals surface area (Å²) in [6.07, 6.45) is 0.554. The lowest BCUT2D eigenvalue weighted by atomic mass is 9.98. The molecule has 8 nitrogen and oxygen atoms in total. The quantitative estimate of drug-likeness (QED) is 0.538. The topological polar surface area (TPSA) is 85.2 Å². The van der Waals surface area contributed by atoms with E-state index in [0.29, 0.717) is 19.0 Å². The molecule has 0 aliphatic carbocycles. The maximum absolute atomic E-state index is 13.2. The second kappa shape index (κ2) is 10.3. The van der Waals surface area contributed by atoms with Gasteiger partial charge >= 0.3 is 6.18 Å². The molecule has 180 valence electrons. The number of amides is 1. The second-order valence-corrected chi connectivity index (χ2v) is 8.23. The predicted molar refractivity (Wildman–Crippen MR) is 119 cm³/mol. The molecule has 0 spiro atoms. The van der Waals surface area contributed by atoms with Gasteiger partial charge in [-0.3, -0.25) is 4.79 Å². The number of alkyl halides is 3. The molecule has 0 saturated carbocycles. The van der Waals surface area contributed by atoms with Crippen LogP contribution in [0, 0.1) is 5.92 Å². The number of aromatic nitrogens is 4. The van der Waals surface area contributed by atoms with Crippen molar-refractivity contribution in [2.75, 3.05) is 31.1 Å². The highest BCUT2D eigenvalue weighted by Crippen LogP contribution is 2.33. The maximum atomic E-state index is 13.2. The molecule has 0 bridgehead atoms. The largest absolute Gasteiger partial charge is 0.467 e. The minimum atomic E-state index is -4.68. The summed E-state index contributed by atoms with van der Waals surface area (Å²) < 4.78 is 46.0. The number of anilines is 1. The SMILES string of the molecule is O=C(COc1cc(C(F)(F)F)nn1-c1ccccc1Cl)NCC1CCCN(c2ncccn2)C1. The van der Waals surface area contributed by atoms with Gasteiger partial charge in [0, 0.05) is 38.1 Å². The smallest absolute Gasteiger partial charge is 0.435 e. The molecule has 12 heteroatoms. The predicted octanol–water partition coefficient (Wildman–Crippen LogP) is 3.75. The second-order valence-electron chi connectivity index (χ2n) is 7.82. The van der Waals surface area contributed by atoms with Crippen LogP contribution in [0.3, 0.4) is 0 Å². The lowest BCUT2D eigenvalue weighted by molar-refractivity contribution is -0.141. The van der Waals surface area contributed by atoms with Crippen molar-refractivity contribution in [1.29, 1.82) is 0 Å². The molecule has 3 heterocycles. The van der Waals surface area contributed by atoms with Crippen LogP contribution >= 0.6 is 11.6 Å². The van der Waals surface area contributed by atoms with E-state index in [1.807, 2.05) is 0 Å². The number of rotatable bonds is 7. The van der Waals surface area contributed by atoms with Crippen molar-refractivity contribution >= 4 is 23.5 Å². The summed E-state index contributed by atoms with van der Waals surface area (Å²) in [6.45, 7) is 1.47. The summed E-state index contributed by atoms with van der Waals surface area (Å²) >= 11 is 6.12. The van der Waals surface area contributed by atoms with Crippen molar-refractivity contribution in [1.82, 2.24) is 25.1 Å². The molecule has 1 N–H and O–H groups in total. The summed E-state index contributed by atoms with van der Waals surface area (Å²) in [5.41, 5.74) is -0.936. The van der Waals surface area contributed by atoms with E-state index in [1.165, 1.54) is 12.1 Å². The summed E-state index contributed by atoms with van der Waals surface area (Å²) in [4.78, 5) is 23.0. The first-order valence-corrected chi connectivity index (χ1v) is 11.0. The van der Waals surface area contributed by atoms with E-state index >= 15 is 0 Å². The van der Waals surface area contributed by atoms with Crippen LogP contribution in [0.2, 0.25) is 5.02 Å². The number of nitrogens with one attached hydrogen (secondary N) is 1. The van der Waals surface area contributed by atoms with Gasteiger partial charge in [-0.05, 0) is 37.0 Å². The van der Waals surface area contributed by atoms with Crippen LogP contribution in [0.4, 0.5) is 19.1 Å². The van der Waals surface area contributed by atoms with E-state index in [1.54, 1.807) is 30.6 Å². The van der Waals surface area contributed by atoms with Gasteiger partial charge in [0.15, 0.2) is 12.3 Å². The molecule has 34 heavy (non-hydrogen) atoms. The molecule has 1 fully saturated rings. The Hall–Kier alpha value is -3.34. The third-order valence-corrected chi connectivity index (χ3v) is 5.66. The van der Waals surface area contributed by atoms with Crippen molar-refractivity contribution in [2.24, 2.45) is 5.92 Å². The third-order valence-electron chi connectivity index (χ3n) is 5.34. The number of carbonyl (C=O) groups is 1. The Morgan fingerprint density at radius 3 is 2.71 bits per heavy atom. The van der Waals surface area contributed by atoms with Crippen LogP contribution in [-0.4, -0.2) is 51.9 Å². The van der Waals surface area contributed by atoms with E-state index in [4.69, 9.17) is 16.3 Å². The van der Waals surface area contributed by atoms with Gasteiger partial charge in [-0.25, -0.2) is 9.97 Å². The summed E-state index contributed by atoms with van der Waals surface area (Å²) in [7, 11) is 0. The minimum Gasteiger partial charge on any atom is -0.467 e. The van der Waals surface area contributed by atoms with E-state index < -0.39 is 24.4 Å². The Labute approximate surface area is 198 Å². The maximum Gasteiger partial charge on any atom is 0.435 e. The average molecular weight is 495 g/mol. The number of nitrogens with zero attached hydrogens (tertiary/aromatic N) is 5.